The largest absolute Gasteiger partial charge is 0.494 e. The molecule has 6 nitrogen and oxygen atoms in total. The van der Waals surface area contributed by atoms with Gasteiger partial charge in [0.25, 0.3) is 5.91 Å². The van der Waals surface area contributed by atoms with E-state index < -0.39 is 10.0 Å². The van der Waals surface area contributed by atoms with Gasteiger partial charge >= 0.3 is 0 Å². The summed E-state index contributed by atoms with van der Waals surface area (Å²) in [6, 6.07) is 9.39. The number of hydrogen-bond donors (Lipinski definition) is 1. The second kappa shape index (κ2) is 11.2. The van der Waals surface area contributed by atoms with Gasteiger partial charge in [0.1, 0.15) is 15.5 Å². The van der Waals surface area contributed by atoms with E-state index in [0.717, 1.165) is 35.7 Å². The van der Waals surface area contributed by atoms with E-state index in [-0.39, 0.29) is 15.7 Å². The van der Waals surface area contributed by atoms with Gasteiger partial charge in [0, 0.05) is 31.1 Å². The fraction of sp³-hybridized carbons (Fsp3) is 0.476. The third-order valence-electron chi connectivity index (χ3n) is 4.81. The molecule has 0 unspecified atom stereocenters. The predicted molar refractivity (Wildman–Crippen MR) is 123 cm³/mol. The minimum absolute atomic E-state index is 0.116. The van der Waals surface area contributed by atoms with Crippen molar-refractivity contribution >= 4 is 39.0 Å². The van der Waals surface area contributed by atoms with Crippen LogP contribution in [0.2, 0.25) is 0 Å². The van der Waals surface area contributed by atoms with E-state index in [1.54, 1.807) is 17.1 Å². The number of amides is 1. The molecule has 1 saturated heterocycles. The Morgan fingerprint density at radius 1 is 1.17 bits per heavy atom. The molecule has 1 N–H and O–H groups in total. The van der Waals surface area contributed by atoms with E-state index in [2.05, 4.69) is 12.2 Å². The molecule has 1 amide bonds. The monoisotopic (exact) mass is 468 g/mol. The standard InChI is InChI=1S/C21H28N2O4S3/c1-2-3-13-27-18-6-4-17(5-7-18)8-10-22-21(24)20-19(9-14-29-20)30(25,26)23-11-15-28-16-12-23/h4-7,9,14H,2-3,8,10-13,15-16H2,1H3,(H,22,24). The Morgan fingerprint density at radius 2 is 1.90 bits per heavy atom. The van der Waals surface area contributed by atoms with Crippen LogP contribution in [0.3, 0.4) is 0 Å². The molecule has 9 heteroatoms. The highest BCUT2D eigenvalue weighted by Gasteiger charge is 2.31. The van der Waals surface area contributed by atoms with Gasteiger partial charge in [-0.2, -0.15) is 16.1 Å². The van der Waals surface area contributed by atoms with Crippen LogP contribution >= 0.6 is 23.1 Å². The summed E-state index contributed by atoms with van der Waals surface area (Å²) in [4.78, 5) is 13.0. The molecule has 0 bridgehead atoms. The highest BCUT2D eigenvalue weighted by molar-refractivity contribution is 7.99. The van der Waals surface area contributed by atoms with Crippen LogP contribution in [-0.2, 0) is 16.4 Å². The first-order valence-electron chi connectivity index (χ1n) is 10.2. The minimum atomic E-state index is -3.63. The molecule has 1 fully saturated rings. The number of carbonyl (C=O) groups is 1. The lowest BCUT2D eigenvalue weighted by atomic mass is 10.1. The van der Waals surface area contributed by atoms with Crippen LogP contribution in [0.25, 0.3) is 0 Å². The lowest BCUT2D eigenvalue weighted by Crippen LogP contribution is -2.38. The minimum Gasteiger partial charge on any atom is -0.494 e. The fourth-order valence-electron chi connectivity index (χ4n) is 3.08. The van der Waals surface area contributed by atoms with E-state index in [1.165, 1.54) is 21.7 Å². The maximum atomic E-state index is 12.9. The topological polar surface area (TPSA) is 75.7 Å². The molecule has 1 aliphatic heterocycles. The summed E-state index contributed by atoms with van der Waals surface area (Å²) in [5.41, 5.74) is 1.09. The fourth-order valence-corrected chi connectivity index (χ4v) is 6.97. The van der Waals surface area contributed by atoms with E-state index in [0.29, 0.717) is 32.7 Å². The normalized spacial score (nSPS) is 15.1. The maximum Gasteiger partial charge on any atom is 0.262 e. The number of carbonyl (C=O) groups excluding carboxylic acids is 1. The summed E-state index contributed by atoms with van der Waals surface area (Å²) in [6.07, 6.45) is 2.80. The maximum absolute atomic E-state index is 12.9. The van der Waals surface area contributed by atoms with Crippen LogP contribution in [0.1, 0.15) is 35.0 Å². The second-order valence-corrected chi connectivity index (χ2v) is 11.0. The molecule has 2 heterocycles. The Kier molecular flexibility index (Phi) is 8.61. The molecule has 1 aromatic carbocycles. The van der Waals surface area contributed by atoms with Gasteiger partial charge in [-0.1, -0.05) is 25.5 Å². The number of rotatable bonds is 10. The van der Waals surface area contributed by atoms with E-state index in [1.807, 2.05) is 24.3 Å². The summed E-state index contributed by atoms with van der Waals surface area (Å²) in [7, 11) is -3.63. The zero-order valence-electron chi connectivity index (χ0n) is 17.1. The molecule has 0 aliphatic carbocycles. The molecular formula is C21H28N2O4S3. The van der Waals surface area contributed by atoms with Gasteiger partial charge in [-0.15, -0.1) is 11.3 Å². The predicted octanol–water partition coefficient (Wildman–Crippen LogP) is 3.64. The van der Waals surface area contributed by atoms with Crippen molar-refractivity contribution in [1.82, 2.24) is 9.62 Å². The molecule has 0 spiro atoms. The molecule has 0 atom stereocenters. The quantitative estimate of drug-likeness (QED) is 0.539. The smallest absolute Gasteiger partial charge is 0.262 e. The van der Waals surface area contributed by atoms with Crippen molar-refractivity contribution in [3.8, 4) is 5.75 Å². The number of benzene rings is 1. The summed E-state index contributed by atoms with van der Waals surface area (Å²) in [5, 5.41) is 4.52. The highest BCUT2D eigenvalue weighted by atomic mass is 32.2. The molecule has 0 saturated carbocycles. The second-order valence-electron chi connectivity index (χ2n) is 6.98. The SMILES string of the molecule is CCCCOc1ccc(CCNC(=O)c2sccc2S(=O)(=O)N2CCSCC2)cc1. The number of thiophene rings is 1. The number of sulfonamides is 1. The first kappa shape index (κ1) is 23.1. The van der Waals surface area contributed by atoms with Gasteiger partial charge in [-0.3, -0.25) is 4.79 Å². The van der Waals surface area contributed by atoms with Crippen LogP contribution in [-0.4, -0.2) is 56.4 Å². The van der Waals surface area contributed by atoms with E-state index in [9.17, 15) is 13.2 Å². The van der Waals surface area contributed by atoms with E-state index in [4.69, 9.17) is 4.74 Å². The average Bonchev–Trinajstić information content (AvgIpc) is 3.27. The number of hydrogen-bond acceptors (Lipinski definition) is 6. The molecule has 1 aliphatic rings. The lowest BCUT2D eigenvalue weighted by Gasteiger charge is -2.25. The van der Waals surface area contributed by atoms with Crippen molar-refractivity contribution in [3.63, 3.8) is 0 Å². The van der Waals surface area contributed by atoms with Crippen LogP contribution in [0.4, 0.5) is 0 Å². The molecule has 2 aromatic rings. The first-order chi connectivity index (χ1) is 14.5. The van der Waals surface area contributed by atoms with Crippen LogP contribution in [0.15, 0.2) is 40.6 Å². The molecule has 30 heavy (non-hydrogen) atoms. The van der Waals surface area contributed by atoms with Crippen LogP contribution in [0, 0.1) is 0 Å². The number of unbranched alkanes of at least 4 members (excludes halogenated alkanes) is 1. The summed E-state index contributed by atoms with van der Waals surface area (Å²) >= 11 is 2.91. The van der Waals surface area contributed by atoms with Gasteiger partial charge < -0.3 is 10.1 Å². The highest BCUT2D eigenvalue weighted by Crippen LogP contribution is 2.27. The average molecular weight is 469 g/mol. The van der Waals surface area contributed by atoms with Gasteiger partial charge in [0.15, 0.2) is 0 Å². The van der Waals surface area contributed by atoms with Crippen molar-refractivity contribution in [2.75, 3.05) is 37.7 Å². The van der Waals surface area contributed by atoms with Gasteiger partial charge in [-0.05, 0) is 42.0 Å². The molecule has 1 aromatic heterocycles. The summed E-state index contributed by atoms with van der Waals surface area (Å²) < 4.78 is 33.0. The van der Waals surface area contributed by atoms with Crippen molar-refractivity contribution in [1.29, 1.82) is 0 Å². The van der Waals surface area contributed by atoms with Crippen molar-refractivity contribution in [2.45, 2.75) is 31.1 Å². The van der Waals surface area contributed by atoms with Crippen molar-refractivity contribution < 1.29 is 17.9 Å². The van der Waals surface area contributed by atoms with Gasteiger partial charge in [0.05, 0.1) is 6.61 Å². The number of nitrogens with zero attached hydrogens (tertiary/aromatic N) is 1. The molecular weight excluding hydrogens is 440 g/mol. The third kappa shape index (κ3) is 6.00. The summed E-state index contributed by atoms with van der Waals surface area (Å²) in [5.74, 6) is 2.08. The molecule has 3 rings (SSSR count). The third-order valence-corrected chi connectivity index (χ3v) is 8.74. The zero-order chi connectivity index (χ0) is 21.4. The number of thioether (sulfide) groups is 1. The Balaban J connectivity index is 1.54. The summed E-state index contributed by atoms with van der Waals surface area (Å²) in [6.45, 7) is 4.26. The van der Waals surface area contributed by atoms with Gasteiger partial charge in [-0.25, -0.2) is 8.42 Å². The Morgan fingerprint density at radius 3 is 2.60 bits per heavy atom. The van der Waals surface area contributed by atoms with Crippen LogP contribution in [0.5, 0.6) is 5.75 Å². The molecule has 164 valence electrons. The molecule has 0 radical (unpaired) electrons. The van der Waals surface area contributed by atoms with Crippen molar-refractivity contribution in [2.24, 2.45) is 0 Å². The zero-order valence-corrected chi connectivity index (χ0v) is 19.6. The lowest BCUT2D eigenvalue weighted by molar-refractivity contribution is 0.0955. The van der Waals surface area contributed by atoms with Gasteiger partial charge in [0.2, 0.25) is 10.0 Å². The van der Waals surface area contributed by atoms with Crippen LogP contribution < -0.4 is 10.1 Å². The number of nitrogens with one attached hydrogen (secondary N) is 1. The van der Waals surface area contributed by atoms with Crippen molar-refractivity contribution in [3.05, 3.63) is 46.2 Å². The number of ether oxygens (including phenoxy) is 1. The Hall–Kier alpha value is -1.55. The van der Waals surface area contributed by atoms with E-state index >= 15 is 0 Å². The first-order valence-corrected chi connectivity index (χ1v) is 13.6. The Bertz CT molecular complexity index is 920. The Labute approximate surface area is 187 Å².